The Balaban J connectivity index is 1.62. The number of hydrogen-bond donors (Lipinski definition) is 2. The van der Waals surface area contributed by atoms with Crippen molar-refractivity contribution in [3.05, 3.63) is 94.0 Å². The Bertz CT molecular complexity index is 1360. The van der Waals surface area contributed by atoms with E-state index in [1.54, 1.807) is 25.3 Å². The van der Waals surface area contributed by atoms with Gasteiger partial charge in [-0.3, -0.25) is 14.3 Å². The van der Waals surface area contributed by atoms with Gasteiger partial charge in [-0.15, -0.1) is 0 Å². The molecule has 36 heavy (non-hydrogen) atoms. The van der Waals surface area contributed by atoms with Crippen LogP contribution < -0.4 is 10.1 Å². The molecule has 7 nitrogen and oxygen atoms in total. The van der Waals surface area contributed by atoms with E-state index in [1.165, 1.54) is 0 Å². The van der Waals surface area contributed by atoms with Gasteiger partial charge in [0.1, 0.15) is 5.75 Å². The van der Waals surface area contributed by atoms with Crippen LogP contribution in [0.3, 0.4) is 0 Å². The fourth-order valence-electron chi connectivity index (χ4n) is 3.69. The average Bonchev–Trinajstić information content (AvgIpc) is 3.27. The van der Waals surface area contributed by atoms with Gasteiger partial charge in [0.15, 0.2) is 0 Å². The van der Waals surface area contributed by atoms with E-state index < -0.39 is 5.97 Å². The lowest BCUT2D eigenvalue weighted by atomic mass is 10.1. The van der Waals surface area contributed by atoms with Crippen molar-refractivity contribution in [1.82, 2.24) is 15.1 Å². The first-order valence-corrected chi connectivity index (χ1v) is 11.9. The lowest BCUT2D eigenvalue weighted by Gasteiger charge is -2.10. The number of nitrogens with zero attached hydrogens (tertiary/aromatic N) is 2. The standard InChI is InChI=1S/C27H23Cl2N3O4/c1-36-23-8-6-18(7-9-23)25-15-24(20-12-21(28)14-22(29)13-20)31-32(25)16-17-2-4-19(5-3-17)27(35)30-11-10-26(33)34/h2-9,12-15H,10-11,16H2,1H3,(H,30,35)(H,33,34). The number of carboxylic acid groups (broad SMARTS) is 1. The summed E-state index contributed by atoms with van der Waals surface area (Å²) < 4.78 is 7.17. The van der Waals surface area contributed by atoms with Gasteiger partial charge in [-0.05, 0) is 66.2 Å². The van der Waals surface area contributed by atoms with E-state index in [2.05, 4.69) is 5.32 Å². The van der Waals surface area contributed by atoms with E-state index in [1.807, 2.05) is 59.3 Å². The van der Waals surface area contributed by atoms with Gasteiger partial charge in [0.2, 0.25) is 0 Å². The van der Waals surface area contributed by atoms with Crippen molar-refractivity contribution < 1.29 is 19.4 Å². The molecule has 1 amide bonds. The van der Waals surface area contributed by atoms with Gasteiger partial charge in [-0.25, -0.2) is 0 Å². The van der Waals surface area contributed by atoms with Crippen molar-refractivity contribution in [2.75, 3.05) is 13.7 Å². The smallest absolute Gasteiger partial charge is 0.305 e. The van der Waals surface area contributed by atoms with E-state index in [4.69, 9.17) is 38.1 Å². The summed E-state index contributed by atoms with van der Waals surface area (Å²) in [6.45, 7) is 0.529. The first-order valence-electron chi connectivity index (χ1n) is 11.1. The molecule has 0 unspecified atom stereocenters. The summed E-state index contributed by atoms with van der Waals surface area (Å²) in [6.07, 6.45) is -0.128. The maximum atomic E-state index is 12.2. The molecule has 0 aliphatic rings. The zero-order chi connectivity index (χ0) is 25.7. The van der Waals surface area contributed by atoms with E-state index in [-0.39, 0.29) is 18.9 Å². The number of carboxylic acids is 1. The lowest BCUT2D eigenvalue weighted by Crippen LogP contribution is -2.25. The van der Waals surface area contributed by atoms with Crippen LogP contribution in [-0.4, -0.2) is 40.4 Å². The second-order valence-corrected chi connectivity index (χ2v) is 8.93. The van der Waals surface area contributed by atoms with E-state index in [9.17, 15) is 9.59 Å². The molecule has 4 rings (SSSR count). The number of hydrogen-bond acceptors (Lipinski definition) is 4. The number of carbonyl (C=O) groups is 2. The van der Waals surface area contributed by atoms with E-state index >= 15 is 0 Å². The summed E-state index contributed by atoms with van der Waals surface area (Å²) in [6, 6.07) is 22.1. The van der Waals surface area contributed by atoms with Crippen LogP contribution in [0.4, 0.5) is 0 Å². The minimum Gasteiger partial charge on any atom is -0.497 e. The molecule has 0 aliphatic carbocycles. The van der Waals surface area contributed by atoms with Crippen LogP contribution in [0.2, 0.25) is 10.0 Å². The van der Waals surface area contributed by atoms with Crippen molar-refractivity contribution in [3.63, 3.8) is 0 Å². The van der Waals surface area contributed by atoms with Gasteiger partial charge in [-0.2, -0.15) is 5.10 Å². The van der Waals surface area contributed by atoms with Crippen LogP contribution in [0.5, 0.6) is 5.75 Å². The SMILES string of the molecule is COc1ccc(-c2cc(-c3cc(Cl)cc(Cl)c3)nn2Cc2ccc(C(=O)NCCC(=O)O)cc2)cc1. The molecule has 0 aliphatic heterocycles. The summed E-state index contributed by atoms with van der Waals surface area (Å²) in [4.78, 5) is 22.9. The first kappa shape index (κ1) is 25.3. The van der Waals surface area contributed by atoms with Gasteiger partial charge in [-0.1, -0.05) is 35.3 Å². The maximum Gasteiger partial charge on any atom is 0.305 e. The molecule has 1 heterocycles. The highest BCUT2D eigenvalue weighted by Crippen LogP contribution is 2.31. The Morgan fingerprint density at radius 1 is 0.944 bits per heavy atom. The maximum absolute atomic E-state index is 12.2. The molecule has 0 atom stereocenters. The number of aliphatic carboxylic acids is 1. The molecule has 4 aromatic rings. The number of methoxy groups -OCH3 is 1. The monoisotopic (exact) mass is 523 g/mol. The number of rotatable bonds is 9. The van der Waals surface area contributed by atoms with Gasteiger partial charge >= 0.3 is 5.97 Å². The minimum absolute atomic E-state index is 0.0741. The molecular weight excluding hydrogens is 501 g/mol. The number of carbonyl (C=O) groups excluding carboxylic acids is 1. The highest BCUT2D eigenvalue weighted by Gasteiger charge is 2.14. The van der Waals surface area contributed by atoms with Gasteiger partial charge in [0.25, 0.3) is 5.91 Å². The summed E-state index contributed by atoms with van der Waals surface area (Å²) in [5, 5.41) is 17.2. The van der Waals surface area contributed by atoms with E-state index in [0.717, 1.165) is 33.8 Å². The minimum atomic E-state index is -0.961. The second-order valence-electron chi connectivity index (χ2n) is 8.06. The quantitative estimate of drug-likeness (QED) is 0.289. The van der Waals surface area contributed by atoms with Crippen molar-refractivity contribution in [2.45, 2.75) is 13.0 Å². The van der Waals surface area contributed by atoms with Crippen LogP contribution >= 0.6 is 23.2 Å². The van der Waals surface area contributed by atoms with Crippen molar-refractivity contribution in [3.8, 4) is 28.3 Å². The van der Waals surface area contributed by atoms with Gasteiger partial charge < -0.3 is 15.2 Å². The van der Waals surface area contributed by atoms with Crippen LogP contribution in [0.1, 0.15) is 22.3 Å². The third kappa shape index (κ3) is 6.24. The topological polar surface area (TPSA) is 93.5 Å². The highest BCUT2D eigenvalue weighted by molar-refractivity contribution is 6.35. The molecule has 0 fully saturated rings. The number of amides is 1. The highest BCUT2D eigenvalue weighted by atomic mass is 35.5. The molecule has 184 valence electrons. The predicted molar refractivity (Wildman–Crippen MR) is 140 cm³/mol. The normalized spacial score (nSPS) is 10.8. The Labute approximate surface area is 218 Å². The number of benzene rings is 3. The Morgan fingerprint density at radius 3 is 2.22 bits per heavy atom. The molecular formula is C27H23Cl2N3O4. The Kier molecular flexibility index (Phi) is 7.93. The number of halogens is 2. The molecule has 0 saturated carbocycles. The molecule has 1 aromatic heterocycles. The average molecular weight is 524 g/mol. The third-order valence-corrected chi connectivity index (χ3v) is 5.93. The zero-order valence-electron chi connectivity index (χ0n) is 19.4. The van der Waals surface area contributed by atoms with E-state index in [0.29, 0.717) is 22.2 Å². The molecule has 2 N–H and O–H groups in total. The molecule has 0 radical (unpaired) electrons. The molecule has 9 heteroatoms. The number of aromatic nitrogens is 2. The van der Waals surface area contributed by atoms with Crippen molar-refractivity contribution >= 4 is 35.1 Å². The largest absolute Gasteiger partial charge is 0.497 e. The first-order chi connectivity index (χ1) is 17.3. The van der Waals surface area contributed by atoms with Crippen LogP contribution in [0.15, 0.2) is 72.8 Å². The van der Waals surface area contributed by atoms with Crippen molar-refractivity contribution in [2.24, 2.45) is 0 Å². The van der Waals surface area contributed by atoms with Gasteiger partial charge in [0.05, 0.1) is 31.5 Å². The van der Waals surface area contributed by atoms with Crippen molar-refractivity contribution in [1.29, 1.82) is 0 Å². The lowest BCUT2D eigenvalue weighted by molar-refractivity contribution is -0.136. The zero-order valence-corrected chi connectivity index (χ0v) is 20.9. The van der Waals surface area contributed by atoms with Crippen LogP contribution in [-0.2, 0) is 11.3 Å². The molecule has 0 saturated heterocycles. The molecule has 3 aromatic carbocycles. The fourth-order valence-corrected chi connectivity index (χ4v) is 4.22. The van der Waals surface area contributed by atoms with Gasteiger partial charge in [0, 0.05) is 33.3 Å². The number of nitrogens with one attached hydrogen (secondary N) is 1. The second kappa shape index (κ2) is 11.3. The van der Waals surface area contributed by atoms with Crippen LogP contribution in [0, 0.1) is 0 Å². The molecule has 0 bridgehead atoms. The summed E-state index contributed by atoms with van der Waals surface area (Å²) in [5.74, 6) is -0.526. The predicted octanol–water partition coefficient (Wildman–Crippen LogP) is 5.79. The molecule has 0 spiro atoms. The number of ether oxygens (including phenoxy) is 1. The summed E-state index contributed by atoms with van der Waals surface area (Å²) >= 11 is 12.4. The fraction of sp³-hybridized carbons (Fsp3) is 0.148. The van der Waals surface area contributed by atoms with Crippen LogP contribution in [0.25, 0.3) is 22.5 Å². The Morgan fingerprint density at radius 2 is 1.61 bits per heavy atom. The summed E-state index contributed by atoms with van der Waals surface area (Å²) in [7, 11) is 1.62. The Hall–Kier alpha value is -3.81. The third-order valence-electron chi connectivity index (χ3n) is 5.50. The summed E-state index contributed by atoms with van der Waals surface area (Å²) in [5.41, 5.74) is 4.75.